The van der Waals surface area contributed by atoms with Crippen LogP contribution >= 0.6 is 0 Å². The standard InChI is InChI=1S/C21H20F6N4O/c1-11-5-15(10-28-9-11)30(2)19(32)18-12-3-4-14(6-12)31(18)17-8-13(20(22,23)24)7-16(29-17)21(25,26)27/h5,7-10,12,14,18H,3-4,6H2,1-2H3/t12-,14+,18-/m0/s1. The Morgan fingerprint density at radius 2 is 1.78 bits per heavy atom. The average Bonchev–Trinajstić information content (AvgIpc) is 3.32. The summed E-state index contributed by atoms with van der Waals surface area (Å²) >= 11 is 0. The molecule has 1 saturated carbocycles. The molecule has 0 radical (unpaired) electrons. The molecule has 1 aliphatic heterocycles. The minimum absolute atomic E-state index is 0.000798. The summed E-state index contributed by atoms with van der Waals surface area (Å²) < 4.78 is 80.0. The molecule has 0 unspecified atom stereocenters. The fraction of sp³-hybridized carbons (Fsp3) is 0.476. The second-order valence-electron chi connectivity index (χ2n) is 8.29. The number of carbonyl (C=O) groups is 1. The van der Waals surface area contributed by atoms with Crippen molar-refractivity contribution in [2.75, 3.05) is 16.8 Å². The topological polar surface area (TPSA) is 49.3 Å². The molecular weight excluding hydrogens is 438 g/mol. The van der Waals surface area contributed by atoms with Gasteiger partial charge in [0.2, 0.25) is 5.91 Å². The van der Waals surface area contributed by atoms with E-state index in [2.05, 4.69) is 9.97 Å². The maximum absolute atomic E-state index is 13.4. The highest BCUT2D eigenvalue weighted by molar-refractivity contribution is 5.99. The van der Waals surface area contributed by atoms with Crippen LogP contribution in [0.1, 0.15) is 36.1 Å². The van der Waals surface area contributed by atoms with E-state index < -0.39 is 41.4 Å². The number of pyridine rings is 2. The molecule has 0 aromatic carbocycles. The Morgan fingerprint density at radius 1 is 1.06 bits per heavy atom. The van der Waals surface area contributed by atoms with E-state index in [-0.39, 0.29) is 18.0 Å². The van der Waals surface area contributed by atoms with E-state index in [4.69, 9.17) is 0 Å². The number of hydrogen-bond acceptors (Lipinski definition) is 4. The van der Waals surface area contributed by atoms with Crippen molar-refractivity contribution >= 4 is 17.4 Å². The van der Waals surface area contributed by atoms with Gasteiger partial charge in [-0.05, 0) is 55.9 Å². The molecule has 2 fully saturated rings. The first-order valence-electron chi connectivity index (χ1n) is 10.0. The molecule has 0 N–H and O–H groups in total. The molecule has 3 atom stereocenters. The summed E-state index contributed by atoms with van der Waals surface area (Å²) in [7, 11) is 1.52. The molecule has 2 bridgehead atoms. The summed E-state index contributed by atoms with van der Waals surface area (Å²) in [5.41, 5.74) is -1.78. The number of hydrogen-bond donors (Lipinski definition) is 0. The molecule has 1 aliphatic carbocycles. The zero-order valence-electron chi connectivity index (χ0n) is 17.2. The molecule has 0 spiro atoms. The van der Waals surface area contributed by atoms with Crippen molar-refractivity contribution in [2.24, 2.45) is 5.92 Å². The Morgan fingerprint density at radius 3 is 2.41 bits per heavy atom. The van der Waals surface area contributed by atoms with Gasteiger partial charge in [-0.1, -0.05) is 0 Å². The van der Waals surface area contributed by atoms with Crippen LogP contribution in [0, 0.1) is 12.8 Å². The number of fused-ring (bicyclic) bond motifs is 2. The summed E-state index contributed by atoms with van der Waals surface area (Å²) in [6.45, 7) is 1.80. The molecule has 2 aromatic rings. The molecule has 5 nitrogen and oxygen atoms in total. The largest absolute Gasteiger partial charge is 0.433 e. The zero-order chi connectivity index (χ0) is 23.4. The van der Waals surface area contributed by atoms with E-state index in [1.165, 1.54) is 23.0 Å². The van der Waals surface area contributed by atoms with Gasteiger partial charge in [-0.15, -0.1) is 0 Å². The smallest absolute Gasteiger partial charge is 0.341 e. The number of anilines is 2. The molecule has 11 heteroatoms. The van der Waals surface area contributed by atoms with Gasteiger partial charge < -0.3 is 9.80 Å². The lowest BCUT2D eigenvalue weighted by Crippen LogP contribution is -2.51. The van der Waals surface area contributed by atoms with Crippen LogP contribution in [0.3, 0.4) is 0 Å². The highest BCUT2D eigenvalue weighted by Gasteiger charge is 2.51. The van der Waals surface area contributed by atoms with Crippen molar-refractivity contribution in [3.8, 4) is 0 Å². The van der Waals surface area contributed by atoms with E-state index >= 15 is 0 Å². The number of alkyl halides is 6. The Labute approximate surface area is 180 Å². The first kappa shape index (κ1) is 22.3. The van der Waals surface area contributed by atoms with Crippen LogP contribution in [-0.2, 0) is 17.1 Å². The van der Waals surface area contributed by atoms with E-state index in [0.717, 1.165) is 5.56 Å². The number of halogens is 6. The lowest BCUT2D eigenvalue weighted by Gasteiger charge is -2.37. The van der Waals surface area contributed by atoms with Crippen molar-refractivity contribution < 1.29 is 31.1 Å². The Hall–Kier alpha value is -2.85. The van der Waals surface area contributed by atoms with Gasteiger partial charge in [-0.2, -0.15) is 26.3 Å². The molecule has 32 heavy (non-hydrogen) atoms. The number of rotatable bonds is 3. The van der Waals surface area contributed by atoms with Crippen molar-refractivity contribution in [2.45, 2.75) is 50.6 Å². The number of nitrogens with zero attached hydrogens (tertiary/aromatic N) is 4. The molecule has 2 aliphatic rings. The quantitative estimate of drug-likeness (QED) is 0.618. The third-order valence-electron chi connectivity index (χ3n) is 6.11. The lowest BCUT2D eigenvalue weighted by molar-refractivity contribution is -0.145. The third-order valence-corrected chi connectivity index (χ3v) is 6.11. The number of likely N-dealkylation sites (N-methyl/N-ethyl adjacent to an activating group) is 1. The first-order valence-corrected chi connectivity index (χ1v) is 10.0. The Bertz CT molecular complexity index is 1010. The fourth-order valence-corrected chi connectivity index (χ4v) is 4.64. The van der Waals surface area contributed by atoms with Crippen LogP contribution in [0.25, 0.3) is 0 Å². The summed E-state index contributed by atoms with van der Waals surface area (Å²) in [5, 5.41) is 0. The molecule has 4 rings (SSSR count). The first-order chi connectivity index (χ1) is 14.9. The van der Waals surface area contributed by atoms with E-state index in [9.17, 15) is 31.1 Å². The van der Waals surface area contributed by atoms with Gasteiger partial charge in [0.05, 0.1) is 17.4 Å². The van der Waals surface area contributed by atoms with Crippen LogP contribution < -0.4 is 9.80 Å². The molecule has 3 heterocycles. The summed E-state index contributed by atoms with van der Waals surface area (Å²) in [6, 6.07) is 1.07. The number of piperidine rings is 1. The summed E-state index contributed by atoms with van der Waals surface area (Å²) in [6.07, 6.45) is -5.20. The minimum Gasteiger partial charge on any atom is -0.341 e. The Balaban J connectivity index is 1.76. The Kier molecular flexibility index (Phi) is 5.33. The average molecular weight is 458 g/mol. The molecule has 1 amide bonds. The lowest BCUT2D eigenvalue weighted by atomic mass is 9.97. The van der Waals surface area contributed by atoms with Gasteiger partial charge in [0, 0.05) is 19.3 Å². The van der Waals surface area contributed by atoms with Gasteiger partial charge in [-0.25, -0.2) is 4.98 Å². The van der Waals surface area contributed by atoms with E-state index in [1.54, 1.807) is 19.2 Å². The molecule has 172 valence electrons. The fourth-order valence-electron chi connectivity index (χ4n) is 4.64. The number of aromatic nitrogens is 2. The van der Waals surface area contributed by atoms with Crippen LogP contribution in [0.5, 0.6) is 0 Å². The van der Waals surface area contributed by atoms with Crippen LogP contribution in [0.15, 0.2) is 30.6 Å². The van der Waals surface area contributed by atoms with Gasteiger partial charge in [-0.3, -0.25) is 9.78 Å². The minimum atomic E-state index is -5.06. The van der Waals surface area contributed by atoms with Gasteiger partial charge in [0.1, 0.15) is 17.6 Å². The van der Waals surface area contributed by atoms with Crippen LogP contribution in [0.4, 0.5) is 37.8 Å². The monoisotopic (exact) mass is 458 g/mol. The van der Waals surface area contributed by atoms with Gasteiger partial charge in [0.25, 0.3) is 0 Å². The molecule has 1 saturated heterocycles. The maximum atomic E-state index is 13.4. The van der Waals surface area contributed by atoms with Crippen molar-refractivity contribution in [3.63, 3.8) is 0 Å². The number of aryl methyl sites for hydroxylation is 1. The highest BCUT2D eigenvalue weighted by Crippen LogP contribution is 2.46. The predicted molar refractivity (Wildman–Crippen MR) is 104 cm³/mol. The number of amides is 1. The van der Waals surface area contributed by atoms with Gasteiger partial charge >= 0.3 is 12.4 Å². The maximum Gasteiger partial charge on any atom is 0.433 e. The normalized spacial score (nSPS) is 23.0. The van der Waals surface area contributed by atoms with Gasteiger partial charge in [0.15, 0.2) is 0 Å². The van der Waals surface area contributed by atoms with E-state index in [0.29, 0.717) is 31.0 Å². The summed E-state index contributed by atoms with van der Waals surface area (Å²) in [4.78, 5) is 23.6. The second kappa shape index (κ2) is 7.63. The number of carbonyl (C=O) groups excluding carboxylic acids is 1. The zero-order valence-corrected chi connectivity index (χ0v) is 17.2. The van der Waals surface area contributed by atoms with Crippen molar-refractivity contribution in [1.29, 1.82) is 0 Å². The third kappa shape index (κ3) is 4.00. The summed E-state index contributed by atoms with van der Waals surface area (Å²) in [5.74, 6) is -1.08. The molecular formula is C21H20F6N4O. The highest BCUT2D eigenvalue weighted by atomic mass is 19.4. The second-order valence-corrected chi connectivity index (χ2v) is 8.29. The van der Waals surface area contributed by atoms with Crippen LogP contribution in [0.2, 0.25) is 0 Å². The van der Waals surface area contributed by atoms with Crippen molar-refractivity contribution in [1.82, 2.24) is 9.97 Å². The SMILES string of the molecule is Cc1cncc(N(C)C(=O)[C@@H]2[C@H]3CC[C@H](C3)N2c2cc(C(F)(F)F)cc(C(F)(F)F)n2)c1. The van der Waals surface area contributed by atoms with Crippen LogP contribution in [-0.4, -0.2) is 35.0 Å². The predicted octanol–water partition coefficient (Wildman–Crippen LogP) is 4.84. The van der Waals surface area contributed by atoms with E-state index in [1.807, 2.05) is 0 Å². The van der Waals surface area contributed by atoms with Crippen molar-refractivity contribution in [3.05, 3.63) is 47.4 Å². The molecule has 2 aromatic heterocycles.